The van der Waals surface area contributed by atoms with E-state index in [1.165, 1.54) is 10.6 Å². The van der Waals surface area contributed by atoms with Gasteiger partial charge in [-0.2, -0.15) is 0 Å². The van der Waals surface area contributed by atoms with Crippen LogP contribution in [0.15, 0.2) is 22.9 Å². The van der Waals surface area contributed by atoms with Crippen LogP contribution in [0.4, 0.5) is 0 Å². The number of H-pyrrole nitrogens is 1. The summed E-state index contributed by atoms with van der Waals surface area (Å²) in [5, 5.41) is 0. The Balaban J connectivity index is 1.66. The third-order valence-corrected chi connectivity index (χ3v) is 3.51. The summed E-state index contributed by atoms with van der Waals surface area (Å²) in [5.41, 5.74) is 2.33. The fourth-order valence-corrected chi connectivity index (χ4v) is 2.42. The highest BCUT2D eigenvalue weighted by molar-refractivity contribution is 5.91. The molecule has 3 heterocycles. The molecule has 1 aliphatic heterocycles. The maximum atomic E-state index is 11.8. The molecule has 0 radical (unpaired) electrons. The second-order valence-corrected chi connectivity index (χ2v) is 5.25. The van der Waals surface area contributed by atoms with Crippen LogP contribution >= 0.6 is 0 Å². The number of nitrogens with zero attached hydrogens (tertiary/aromatic N) is 3. The Morgan fingerprint density at radius 1 is 1.50 bits per heavy atom. The number of aromatic nitrogens is 2. The van der Waals surface area contributed by atoms with E-state index in [1.54, 1.807) is 26.5 Å². The van der Waals surface area contributed by atoms with Crippen LogP contribution in [0.5, 0.6) is 0 Å². The van der Waals surface area contributed by atoms with Crippen LogP contribution in [0.2, 0.25) is 0 Å². The molecular formula is C14H18N4O2. The number of carbonyl (C=O) groups excluding carboxylic acids is 1. The van der Waals surface area contributed by atoms with Crippen molar-refractivity contribution in [2.45, 2.75) is 19.5 Å². The molecule has 20 heavy (non-hydrogen) atoms. The van der Waals surface area contributed by atoms with Gasteiger partial charge >= 0.3 is 0 Å². The first kappa shape index (κ1) is 12.9. The van der Waals surface area contributed by atoms with Crippen molar-refractivity contribution in [2.75, 3.05) is 20.6 Å². The summed E-state index contributed by atoms with van der Waals surface area (Å²) in [6, 6.07) is 3.61. The van der Waals surface area contributed by atoms with E-state index in [0.717, 1.165) is 31.0 Å². The summed E-state index contributed by atoms with van der Waals surface area (Å²) in [7, 11) is 3.43. The number of rotatable bonds is 3. The summed E-state index contributed by atoms with van der Waals surface area (Å²) in [6.07, 6.45) is 2.69. The monoisotopic (exact) mass is 274 g/mol. The first-order valence-electron chi connectivity index (χ1n) is 6.67. The molecule has 0 aliphatic carbocycles. The van der Waals surface area contributed by atoms with E-state index in [4.69, 9.17) is 4.42 Å². The van der Waals surface area contributed by atoms with Gasteiger partial charge in [0.2, 0.25) is 0 Å². The van der Waals surface area contributed by atoms with Crippen LogP contribution in [0.3, 0.4) is 0 Å². The molecule has 3 rings (SSSR count). The number of nitrogens with one attached hydrogen (secondary N) is 1. The number of amides is 1. The molecule has 0 saturated heterocycles. The molecule has 1 aliphatic rings. The second-order valence-electron chi connectivity index (χ2n) is 5.25. The van der Waals surface area contributed by atoms with Gasteiger partial charge in [0.1, 0.15) is 5.76 Å². The maximum absolute atomic E-state index is 11.8. The molecule has 1 amide bonds. The van der Waals surface area contributed by atoms with E-state index in [0.29, 0.717) is 12.3 Å². The van der Waals surface area contributed by atoms with Gasteiger partial charge in [-0.3, -0.25) is 9.69 Å². The van der Waals surface area contributed by atoms with Crippen molar-refractivity contribution in [3.05, 3.63) is 41.4 Å². The zero-order chi connectivity index (χ0) is 14.1. The van der Waals surface area contributed by atoms with Crippen LogP contribution in [-0.2, 0) is 19.5 Å². The van der Waals surface area contributed by atoms with Gasteiger partial charge in [0.25, 0.3) is 5.91 Å². The highest BCUT2D eigenvalue weighted by atomic mass is 16.4. The molecule has 6 nitrogen and oxygen atoms in total. The van der Waals surface area contributed by atoms with Gasteiger partial charge in [0, 0.05) is 33.6 Å². The molecule has 106 valence electrons. The second kappa shape index (κ2) is 5.13. The van der Waals surface area contributed by atoms with E-state index >= 15 is 0 Å². The van der Waals surface area contributed by atoms with Crippen molar-refractivity contribution in [1.29, 1.82) is 0 Å². The van der Waals surface area contributed by atoms with Crippen LogP contribution in [0, 0.1) is 0 Å². The van der Waals surface area contributed by atoms with Gasteiger partial charge in [0.05, 0.1) is 24.3 Å². The van der Waals surface area contributed by atoms with Crippen LogP contribution in [0.1, 0.15) is 27.7 Å². The molecule has 0 aromatic carbocycles. The van der Waals surface area contributed by atoms with Crippen molar-refractivity contribution in [1.82, 2.24) is 19.8 Å². The Morgan fingerprint density at radius 3 is 3.15 bits per heavy atom. The highest BCUT2D eigenvalue weighted by Crippen LogP contribution is 2.18. The molecule has 0 unspecified atom stereocenters. The molecule has 6 heteroatoms. The predicted molar refractivity (Wildman–Crippen MR) is 73.1 cm³/mol. The average Bonchev–Trinajstić information content (AvgIpc) is 3.06. The number of furan rings is 1. The Morgan fingerprint density at radius 2 is 2.35 bits per heavy atom. The highest BCUT2D eigenvalue weighted by Gasteiger charge is 2.20. The van der Waals surface area contributed by atoms with Crippen molar-refractivity contribution in [3.63, 3.8) is 0 Å². The van der Waals surface area contributed by atoms with Crippen molar-refractivity contribution >= 4 is 5.91 Å². The standard InChI is InChI=1S/C14H18N4O2/c1-17(2)14(19)13-4-3-10(20-13)7-18-6-5-11-12(8-18)16-9-15-11/h3-4,9H,5-8H2,1-2H3,(H,15,16). The first-order valence-corrected chi connectivity index (χ1v) is 6.67. The van der Waals surface area contributed by atoms with E-state index in [1.807, 2.05) is 6.07 Å². The van der Waals surface area contributed by atoms with Gasteiger partial charge in [0.15, 0.2) is 5.76 Å². The maximum Gasteiger partial charge on any atom is 0.289 e. The van der Waals surface area contributed by atoms with Crippen LogP contribution in [-0.4, -0.2) is 46.3 Å². The van der Waals surface area contributed by atoms with Gasteiger partial charge in [-0.15, -0.1) is 0 Å². The zero-order valence-corrected chi connectivity index (χ0v) is 11.7. The minimum absolute atomic E-state index is 0.106. The molecule has 1 N–H and O–H groups in total. The Labute approximate surface area is 117 Å². The SMILES string of the molecule is CN(C)C(=O)c1ccc(CN2CCc3nc[nH]c3C2)o1. The van der Waals surface area contributed by atoms with Crippen molar-refractivity contribution < 1.29 is 9.21 Å². The molecular weight excluding hydrogens is 256 g/mol. The molecule has 0 atom stereocenters. The predicted octanol–water partition coefficient (Wildman–Crippen LogP) is 1.26. The van der Waals surface area contributed by atoms with E-state index in [2.05, 4.69) is 14.9 Å². The lowest BCUT2D eigenvalue weighted by Gasteiger charge is -2.24. The van der Waals surface area contributed by atoms with E-state index in [-0.39, 0.29) is 5.91 Å². The van der Waals surface area contributed by atoms with Gasteiger partial charge in [-0.25, -0.2) is 4.98 Å². The molecule has 2 aromatic heterocycles. The third-order valence-electron chi connectivity index (χ3n) is 3.51. The Hall–Kier alpha value is -2.08. The normalized spacial score (nSPS) is 15.1. The van der Waals surface area contributed by atoms with Gasteiger partial charge < -0.3 is 14.3 Å². The molecule has 0 saturated carbocycles. The third kappa shape index (κ3) is 2.46. The first-order chi connectivity index (χ1) is 9.63. The summed E-state index contributed by atoms with van der Waals surface area (Å²) >= 11 is 0. The molecule has 2 aromatic rings. The number of hydrogen-bond donors (Lipinski definition) is 1. The summed E-state index contributed by atoms with van der Waals surface area (Å²) in [5.74, 6) is 1.10. The molecule has 0 fully saturated rings. The average molecular weight is 274 g/mol. The number of fused-ring (bicyclic) bond motifs is 1. The lowest BCUT2D eigenvalue weighted by molar-refractivity contribution is 0.0792. The zero-order valence-electron chi connectivity index (χ0n) is 11.7. The molecule has 0 bridgehead atoms. The number of imidazole rings is 1. The lowest BCUT2D eigenvalue weighted by Crippen LogP contribution is -2.30. The lowest BCUT2D eigenvalue weighted by atomic mass is 10.1. The smallest absolute Gasteiger partial charge is 0.289 e. The summed E-state index contributed by atoms with van der Waals surface area (Å²) in [6.45, 7) is 2.50. The Bertz CT molecular complexity index is 614. The number of aromatic amines is 1. The number of carbonyl (C=O) groups is 1. The topological polar surface area (TPSA) is 65.4 Å². The van der Waals surface area contributed by atoms with Crippen LogP contribution < -0.4 is 0 Å². The van der Waals surface area contributed by atoms with Crippen molar-refractivity contribution in [2.24, 2.45) is 0 Å². The largest absolute Gasteiger partial charge is 0.455 e. The number of hydrogen-bond acceptors (Lipinski definition) is 4. The molecule has 0 spiro atoms. The van der Waals surface area contributed by atoms with E-state index in [9.17, 15) is 4.79 Å². The fourth-order valence-electron chi connectivity index (χ4n) is 2.42. The quantitative estimate of drug-likeness (QED) is 0.915. The fraction of sp³-hybridized carbons (Fsp3) is 0.429. The van der Waals surface area contributed by atoms with E-state index < -0.39 is 0 Å². The minimum Gasteiger partial charge on any atom is -0.455 e. The summed E-state index contributed by atoms with van der Waals surface area (Å²) in [4.78, 5) is 23.0. The minimum atomic E-state index is -0.106. The van der Waals surface area contributed by atoms with Gasteiger partial charge in [-0.05, 0) is 12.1 Å². The van der Waals surface area contributed by atoms with Crippen molar-refractivity contribution in [3.8, 4) is 0 Å². The van der Waals surface area contributed by atoms with Gasteiger partial charge in [-0.1, -0.05) is 0 Å². The Kier molecular flexibility index (Phi) is 3.31. The summed E-state index contributed by atoms with van der Waals surface area (Å²) < 4.78 is 5.62. The van der Waals surface area contributed by atoms with Crippen LogP contribution in [0.25, 0.3) is 0 Å².